The van der Waals surface area contributed by atoms with Gasteiger partial charge in [-0.3, -0.25) is 14.5 Å². The summed E-state index contributed by atoms with van der Waals surface area (Å²) < 4.78 is 11.3. The average molecular weight is 690 g/mol. The zero-order chi connectivity index (χ0) is 33.8. The summed E-state index contributed by atoms with van der Waals surface area (Å²) in [6, 6.07) is 19.7. The summed E-state index contributed by atoms with van der Waals surface area (Å²) in [5.74, 6) is 0.0534. The molecule has 4 aromatic rings. The number of aromatic nitrogens is 2. The molecule has 6 rings (SSSR count). The number of carbonyl (C=O) groups is 2. The number of carboxylic acids is 1. The number of aryl methyl sites for hydroxylation is 1. The van der Waals surface area contributed by atoms with Gasteiger partial charge in [0, 0.05) is 58.9 Å². The molecule has 250 valence electrons. The Hall–Kier alpha value is -4.18. The number of carbonyl (C=O) groups excluding carboxylic acids is 1. The molecule has 11 heteroatoms. The number of rotatable bonds is 12. The lowest BCUT2D eigenvalue weighted by molar-refractivity contribution is -0.141. The van der Waals surface area contributed by atoms with Gasteiger partial charge >= 0.3 is 5.97 Å². The van der Waals surface area contributed by atoms with Gasteiger partial charge in [0.25, 0.3) is 0 Å². The van der Waals surface area contributed by atoms with E-state index in [0.717, 1.165) is 59.1 Å². The van der Waals surface area contributed by atoms with Crippen LogP contribution in [0.3, 0.4) is 0 Å². The second-order valence-corrected chi connectivity index (χ2v) is 13.1. The highest BCUT2D eigenvalue weighted by Gasteiger charge is 2.29. The zero-order valence-electron chi connectivity index (χ0n) is 27.0. The predicted molar refractivity (Wildman–Crippen MR) is 187 cm³/mol. The standard InChI is InChI=1S/C37H38Cl2N4O5/c1-47-35-22(6-3-7-25-14-17-32(44)40-25)12-15-30(41-35)28-10-4-8-26(33(28)38)27-9-5-11-29(34(27)39)31-16-13-23(36(42-31)48-2)20-43-19-18-24(21-43)37(45)46/h4-5,8-13,15-16,24-25H,3,6-7,14,17-21H2,1-2H3,(H,40,44)(H,45,46)/t24-,25+/m0/s1. The maximum atomic E-state index is 11.5. The van der Waals surface area contributed by atoms with Crippen molar-refractivity contribution in [1.82, 2.24) is 20.2 Å². The molecule has 2 aromatic carbocycles. The van der Waals surface area contributed by atoms with E-state index in [0.29, 0.717) is 65.7 Å². The number of aliphatic carboxylic acids is 1. The van der Waals surface area contributed by atoms with Crippen LogP contribution in [0.15, 0.2) is 60.7 Å². The summed E-state index contributed by atoms with van der Waals surface area (Å²) in [7, 11) is 3.20. The number of hydrogen-bond donors (Lipinski definition) is 2. The summed E-state index contributed by atoms with van der Waals surface area (Å²) in [5, 5.41) is 13.4. The summed E-state index contributed by atoms with van der Waals surface area (Å²) >= 11 is 14.2. The highest BCUT2D eigenvalue weighted by atomic mass is 35.5. The van der Waals surface area contributed by atoms with Crippen LogP contribution in [0.5, 0.6) is 11.8 Å². The van der Waals surface area contributed by atoms with Gasteiger partial charge in [-0.1, -0.05) is 71.7 Å². The Morgan fingerprint density at radius 1 is 0.875 bits per heavy atom. The minimum absolute atomic E-state index is 0.134. The van der Waals surface area contributed by atoms with Gasteiger partial charge in [-0.05, 0) is 50.8 Å². The third-order valence-electron chi connectivity index (χ3n) is 9.20. The number of benzene rings is 2. The van der Waals surface area contributed by atoms with Crippen molar-refractivity contribution < 1.29 is 24.2 Å². The van der Waals surface area contributed by atoms with E-state index in [9.17, 15) is 14.7 Å². The fraction of sp³-hybridized carbons (Fsp3) is 0.351. The van der Waals surface area contributed by atoms with Gasteiger partial charge in [-0.2, -0.15) is 0 Å². The van der Waals surface area contributed by atoms with Crippen LogP contribution in [0, 0.1) is 5.92 Å². The Bertz CT molecular complexity index is 1830. The molecule has 0 bridgehead atoms. The quantitative estimate of drug-likeness (QED) is 0.159. The van der Waals surface area contributed by atoms with Crippen molar-refractivity contribution in [1.29, 1.82) is 0 Å². The second-order valence-electron chi connectivity index (χ2n) is 12.3. The number of methoxy groups -OCH3 is 2. The third-order valence-corrected chi connectivity index (χ3v) is 10.0. The molecule has 2 aliphatic rings. The predicted octanol–water partition coefficient (Wildman–Crippen LogP) is 7.31. The Morgan fingerprint density at radius 2 is 1.46 bits per heavy atom. The monoisotopic (exact) mass is 688 g/mol. The Labute approximate surface area is 290 Å². The average Bonchev–Trinajstić information content (AvgIpc) is 3.74. The molecule has 0 aliphatic carbocycles. The van der Waals surface area contributed by atoms with E-state index in [4.69, 9.17) is 42.6 Å². The number of halogens is 2. The number of amides is 1. The summed E-state index contributed by atoms with van der Waals surface area (Å²) in [6.45, 7) is 1.77. The van der Waals surface area contributed by atoms with Crippen LogP contribution >= 0.6 is 23.2 Å². The molecular formula is C37H38Cl2N4O5. The molecule has 2 saturated heterocycles. The van der Waals surface area contributed by atoms with E-state index in [2.05, 4.69) is 10.2 Å². The van der Waals surface area contributed by atoms with E-state index in [-0.39, 0.29) is 17.9 Å². The van der Waals surface area contributed by atoms with Crippen LogP contribution < -0.4 is 14.8 Å². The number of pyridine rings is 2. The van der Waals surface area contributed by atoms with Crippen LogP contribution in [0.1, 0.15) is 43.2 Å². The number of hydrogen-bond acceptors (Lipinski definition) is 7. The lowest BCUT2D eigenvalue weighted by atomic mass is 9.97. The van der Waals surface area contributed by atoms with Gasteiger partial charge in [0.15, 0.2) is 0 Å². The van der Waals surface area contributed by atoms with Crippen molar-refractivity contribution in [2.24, 2.45) is 5.92 Å². The highest BCUT2D eigenvalue weighted by molar-refractivity contribution is 6.39. The fourth-order valence-corrected chi connectivity index (χ4v) is 7.28. The molecule has 0 spiro atoms. The lowest BCUT2D eigenvalue weighted by Crippen LogP contribution is -2.25. The number of nitrogens with one attached hydrogen (secondary N) is 1. The van der Waals surface area contributed by atoms with Crippen molar-refractivity contribution in [3.63, 3.8) is 0 Å². The van der Waals surface area contributed by atoms with E-state index in [1.165, 1.54) is 0 Å². The molecule has 2 N–H and O–H groups in total. The van der Waals surface area contributed by atoms with E-state index in [1.807, 2.05) is 60.7 Å². The minimum Gasteiger partial charge on any atom is -0.481 e. The number of carboxylic acid groups (broad SMARTS) is 1. The SMILES string of the molecule is COc1nc(-c2cccc(-c3cccc(-c4ccc(CN5CC[C@H](C(=O)O)C5)c(OC)n4)c3Cl)c2Cl)ccc1CCC[C@@H]1CCC(=O)N1. The van der Waals surface area contributed by atoms with Crippen molar-refractivity contribution in [2.75, 3.05) is 27.3 Å². The molecule has 4 heterocycles. The Morgan fingerprint density at radius 3 is 2.00 bits per heavy atom. The number of nitrogens with zero attached hydrogens (tertiary/aromatic N) is 3. The first-order chi connectivity index (χ1) is 23.2. The first kappa shape index (κ1) is 33.7. The summed E-state index contributed by atoms with van der Waals surface area (Å²) in [4.78, 5) is 34.7. The third kappa shape index (κ3) is 7.28. The van der Waals surface area contributed by atoms with Crippen LogP contribution in [-0.2, 0) is 22.6 Å². The molecule has 1 amide bonds. The topological polar surface area (TPSA) is 114 Å². The maximum absolute atomic E-state index is 11.5. The van der Waals surface area contributed by atoms with Gasteiger partial charge in [-0.25, -0.2) is 9.97 Å². The highest BCUT2D eigenvalue weighted by Crippen LogP contribution is 2.42. The normalized spacial score (nSPS) is 17.8. The van der Waals surface area contributed by atoms with Crippen LogP contribution in [0.4, 0.5) is 0 Å². The van der Waals surface area contributed by atoms with Gasteiger partial charge < -0.3 is 19.9 Å². The van der Waals surface area contributed by atoms with Gasteiger partial charge in [0.05, 0.1) is 41.6 Å². The van der Waals surface area contributed by atoms with Crippen molar-refractivity contribution in [3.05, 3.63) is 81.8 Å². The first-order valence-electron chi connectivity index (χ1n) is 16.2. The lowest BCUT2D eigenvalue weighted by Gasteiger charge is -2.18. The van der Waals surface area contributed by atoms with Crippen molar-refractivity contribution in [3.8, 4) is 45.4 Å². The molecule has 0 radical (unpaired) electrons. The minimum atomic E-state index is -0.758. The van der Waals surface area contributed by atoms with E-state index < -0.39 is 5.97 Å². The molecular weight excluding hydrogens is 651 g/mol. The van der Waals surface area contributed by atoms with Gasteiger partial charge in [0.2, 0.25) is 17.7 Å². The van der Waals surface area contributed by atoms with Crippen LogP contribution in [-0.4, -0.2) is 65.2 Å². The molecule has 48 heavy (non-hydrogen) atoms. The molecule has 2 atom stereocenters. The Balaban J connectivity index is 1.23. The second kappa shape index (κ2) is 14.9. The summed E-state index contributed by atoms with van der Waals surface area (Å²) in [6.07, 6.45) is 4.77. The molecule has 0 saturated carbocycles. The largest absolute Gasteiger partial charge is 0.481 e. The molecule has 2 aromatic heterocycles. The smallest absolute Gasteiger partial charge is 0.307 e. The molecule has 2 fully saturated rings. The molecule has 9 nitrogen and oxygen atoms in total. The zero-order valence-corrected chi connectivity index (χ0v) is 28.5. The molecule has 0 unspecified atom stereocenters. The van der Waals surface area contributed by atoms with Crippen molar-refractivity contribution in [2.45, 2.75) is 51.1 Å². The van der Waals surface area contributed by atoms with E-state index in [1.54, 1.807) is 14.2 Å². The maximum Gasteiger partial charge on any atom is 0.307 e. The summed E-state index contributed by atoms with van der Waals surface area (Å²) in [5.41, 5.74) is 6.22. The first-order valence-corrected chi connectivity index (χ1v) is 16.9. The van der Waals surface area contributed by atoms with Crippen LogP contribution in [0.2, 0.25) is 10.0 Å². The van der Waals surface area contributed by atoms with Crippen LogP contribution in [0.25, 0.3) is 33.6 Å². The number of ether oxygens (including phenoxy) is 2. The van der Waals surface area contributed by atoms with E-state index >= 15 is 0 Å². The fourth-order valence-electron chi connectivity index (χ4n) is 6.63. The molecule has 2 aliphatic heterocycles. The van der Waals surface area contributed by atoms with Gasteiger partial charge in [-0.15, -0.1) is 0 Å². The van der Waals surface area contributed by atoms with Crippen molar-refractivity contribution >= 4 is 35.1 Å². The number of likely N-dealkylation sites (tertiary alicyclic amines) is 1. The Kier molecular flexibility index (Phi) is 10.5. The van der Waals surface area contributed by atoms with Gasteiger partial charge in [0.1, 0.15) is 0 Å².